The summed E-state index contributed by atoms with van der Waals surface area (Å²) in [5.41, 5.74) is 2.06. The molecule has 1 aliphatic rings. The first-order chi connectivity index (χ1) is 13.3. The zero-order chi connectivity index (χ0) is 20.3. The molecule has 28 heavy (non-hydrogen) atoms. The van der Waals surface area contributed by atoms with Crippen molar-refractivity contribution in [3.05, 3.63) is 52.0 Å². The number of halogens is 2. The Kier molecular flexibility index (Phi) is 6.76. The smallest absolute Gasteiger partial charge is 0.243 e. The van der Waals surface area contributed by atoms with Crippen LogP contribution in [0.1, 0.15) is 18.9 Å². The summed E-state index contributed by atoms with van der Waals surface area (Å²) in [5, 5.41) is 1.13. The zero-order valence-electron chi connectivity index (χ0n) is 16.0. The van der Waals surface area contributed by atoms with Crippen molar-refractivity contribution in [3.63, 3.8) is 0 Å². The molecule has 2 aromatic carbocycles. The molecule has 1 saturated heterocycles. The van der Waals surface area contributed by atoms with Crippen molar-refractivity contribution >= 4 is 38.9 Å². The molecule has 152 valence electrons. The molecule has 1 fully saturated rings. The van der Waals surface area contributed by atoms with E-state index >= 15 is 0 Å². The van der Waals surface area contributed by atoms with Crippen LogP contribution < -0.4 is 9.64 Å². The van der Waals surface area contributed by atoms with Gasteiger partial charge in [0.2, 0.25) is 10.0 Å². The normalized spacial score (nSPS) is 15.6. The molecule has 5 nitrogen and oxygen atoms in total. The van der Waals surface area contributed by atoms with Crippen LogP contribution in [-0.2, 0) is 10.0 Å². The van der Waals surface area contributed by atoms with E-state index in [1.807, 2.05) is 32.0 Å². The molecule has 1 heterocycles. The van der Waals surface area contributed by atoms with Crippen molar-refractivity contribution < 1.29 is 13.2 Å². The van der Waals surface area contributed by atoms with Crippen LogP contribution in [0.25, 0.3) is 0 Å². The minimum atomic E-state index is -3.61. The summed E-state index contributed by atoms with van der Waals surface area (Å²) in [6.45, 7) is 6.47. The number of piperazine rings is 1. The van der Waals surface area contributed by atoms with Gasteiger partial charge in [0.05, 0.1) is 16.5 Å². The highest BCUT2D eigenvalue weighted by Gasteiger charge is 2.29. The van der Waals surface area contributed by atoms with E-state index in [9.17, 15) is 8.42 Å². The van der Waals surface area contributed by atoms with Crippen molar-refractivity contribution in [2.45, 2.75) is 25.2 Å². The molecule has 0 N–H and O–H groups in total. The molecule has 1 aliphatic heterocycles. The van der Waals surface area contributed by atoms with Crippen LogP contribution >= 0.6 is 23.2 Å². The van der Waals surface area contributed by atoms with Crippen molar-refractivity contribution in [3.8, 4) is 5.75 Å². The van der Waals surface area contributed by atoms with E-state index in [2.05, 4.69) is 4.90 Å². The van der Waals surface area contributed by atoms with E-state index in [0.717, 1.165) is 17.7 Å². The number of sulfonamides is 1. The highest BCUT2D eigenvalue weighted by Crippen LogP contribution is 2.31. The SMILES string of the molecule is CCCOc1cc(S(=O)(=O)N2CCN(c3cccc(Cl)c3C)CC2)ccc1Cl. The molecule has 0 unspecified atom stereocenters. The zero-order valence-corrected chi connectivity index (χ0v) is 18.3. The van der Waals surface area contributed by atoms with E-state index in [4.69, 9.17) is 27.9 Å². The molecular weight excluding hydrogens is 419 g/mol. The van der Waals surface area contributed by atoms with Crippen molar-refractivity contribution in [1.29, 1.82) is 0 Å². The molecule has 0 saturated carbocycles. The monoisotopic (exact) mass is 442 g/mol. The summed E-state index contributed by atoms with van der Waals surface area (Å²) in [6, 6.07) is 10.4. The molecule has 0 spiro atoms. The molecule has 0 amide bonds. The number of nitrogens with zero attached hydrogens (tertiary/aromatic N) is 2. The fourth-order valence-electron chi connectivity index (χ4n) is 3.22. The maximum absolute atomic E-state index is 13.1. The predicted molar refractivity (Wildman–Crippen MR) is 114 cm³/mol. The van der Waals surface area contributed by atoms with Gasteiger partial charge in [0.25, 0.3) is 0 Å². The number of anilines is 1. The van der Waals surface area contributed by atoms with Gasteiger partial charge in [-0.25, -0.2) is 8.42 Å². The molecule has 2 aromatic rings. The van der Waals surface area contributed by atoms with Crippen LogP contribution in [-0.4, -0.2) is 45.5 Å². The van der Waals surface area contributed by atoms with Crippen molar-refractivity contribution in [1.82, 2.24) is 4.31 Å². The Morgan fingerprint density at radius 1 is 1.04 bits per heavy atom. The second-order valence-corrected chi connectivity index (χ2v) is 9.47. The third-order valence-corrected chi connectivity index (χ3v) is 7.44. The van der Waals surface area contributed by atoms with Crippen molar-refractivity contribution in [2.75, 3.05) is 37.7 Å². The topological polar surface area (TPSA) is 49.9 Å². The van der Waals surface area contributed by atoms with Crippen LogP contribution in [0.2, 0.25) is 10.0 Å². The van der Waals surface area contributed by atoms with Gasteiger partial charge in [0.1, 0.15) is 5.75 Å². The lowest BCUT2D eigenvalue weighted by atomic mass is 10.1. The van der Waals surface area contributed by atoms with E-state index in [0.29, 0.717) is 48.6 Å². The fraction of sp³-hybridized carbons (Fsp3) is 0.400. The number of hydrogen-bond acceptors (Lipinski definition) is 4. The largest absolute Gasteiger partial charge is 0.492 e. The van der Waals surface area contributed by atoms with Crippen LogP contribution in [0.15, 0.2) is 41.3 Å². The van der Waals surface area contributed by atoms with Crippen LogP contribution in [0, 0.1) is 6.92 Å². The lowest BCUT2D eigenvalue weighted by molar-refractivity contribution is 0.316. The minimum absolute atomic E-state index is 0.204. The summed E-state index contributed by atoms with van der Waals surface area (Å²) in [6.07, 6.45) is 0.818. The third-order valence-electron chi connectivity index (χ3n) is 4.82. The molecule has 0 aliphatic carbocycles. The van der Waals surface area contributed by atoms with Gasteiger partial charge < -0.3 is 9.64 Å². The Morgan fingerprint density at radius 3 is 2.43 bits per heavy atom. The average Bonchev–Trinajstić information content (AvgIpc) is 2.69. The highest BCUT2D eigenvalue weighted by atomic mass is 35.5. The summed E-state index contributed by atoms with van der Waals surface area (Å²) in [4.78, 5) is 2.38. The Balaban J connectivity index is 1.75. The molecule has 0 aromatic heterocycles. The first-order valence-corrected chi connectivity index (χ1v) is 11.5. The summed E-state index contributed by atoms with van der Waals surface area (Å²) in [7, 11) is -3.61. The predicted octanol–water partition coefficient (Wildman–Crippen LogP) is 4.60. The molecule has 8 heteroatoms. The first-order valence-electron chi connectivity index (χ1n) is 9.27. The summed E-state index contributed by atoms with van der Waals surface area (Å²) < 4.78 is 33.2. The number of rotatable bonds is 6. The number of hydrogen-bond donors (Lipinski definition) is 0. The Hall–Kier alpha value is -1.47. The molecular formula is C20H24Cl2N2O3S. The van der Waals surface area contributed by atoms with Gasteiger partial charge in [-0.3, -0.25) is 0 Å². The Morgan fingerprint density at radius 2 is 1.75 bits per heavy atom. The standard InChI is InChI=1S/C20H24Cl2N2O3S/c1-3-13-27-20-14-16(7-8-18(20)22)28(25,26)24-11-9-23(10-12-24)19-6-4-5-17(21)15(19)2/h4-8,14H,3,9-13H2,1-2H3. The lowest BCUT2D eigenvalue weighted by Crippen LogP contribution is -2.48. The van der Waals surface area contributed by atoms with Gasteiger partial charge in [-0.1, -0.05) is 36.2 Å². The molecule has 0 radical (unpaired) electrons. The fourth-order valence-corrected chi connectivity index (χ4v) is 5.00. The second kappa shape index (κ2) is 8.91. The minimum Gasteiger partial charge on any atom is -0.492 e. The highest BCUT2D eigenvalue weighted by molar-refractivity contribution is 7.89. The second-order valence-electron chi connectivity index (χ2n) is 6.72. The molecule has 3 rings (SSSR count). The maximum atomic E-state index is 13.1. The summed E-state index contributed by atoms with van der Waals surface area (Å²) >= 11 is 12.4. The van der Waals surface area contributed by atoms with Gasteiger partial charge >= 0.3 is 0 Å². The quantitative estimate of drug-likeness (QED) is 0.655. The van der Waals surface area contributed by atoms with Gasteiger partial charge in [-0.15, -0.1) is 0 Å². The van der Waals surface area contributed by atoms with Gasteiger partial charge in [-0.05, 0) is 43.2 Å². The van der Waals surface area contributed by atoms with Gasteiger partial charge in [-0.2, -0.15) is 4.31 Å². The van der Waals surface area contributed by atoms with Crippen molar-refractivity contribution in [2.24, 2.45) is 0 Å². The van der Waals surface area contributed by atoms with Gasteiger partial charge in [0, 0.05) is 43.0 Å². The van der Waals surface area contributed by atoms with E-state index in [1.54, 1.807) is 6.07 Å². The van der Waals surface area contributed by atoms with E-state index < -0.39 is 10.0 Å². The third kappa shape index (κ3) is 4.40. The van der Waals surface area contributed by atoms with Crippen LogP contribution in [0.5, 0.6) is 5.75 Å². The van der Waals surface area contributed by atoms with Crippen LogP contribution in [0.3, 0.4) is 0 Å². The molecule has 0 atom stereocenters. The number of benzene rings is 2. The molecule has 0 bridgehead atoms. The van der Waals surface area contributed by atoms with Gasteiger partial charge in [0.15, 0.2) is 0 Å². The lowest BCUT2D eigenvalue weighted by Gasteiger charge is -2.36. The first kappa shape index (κ1) is 21.2. The Labute approximate surface area is 176 Å². The average molecular weight is 443 g/mol. The Bertz CT molecular complexity index is 942. The maximum Gasteiger partial charge on any atom is 0.243 e. The van der Waals surface area contributed by atoms with E-state index in [-0.39, 0.29) is 4.90 Å². The van der Waals surface area contributed by atoms with Crippen LogP contribution in [0.4, 0.5) is 5.69 Å². The van der Waals surface area contributed by atoms with E-state index in [1.165, 1.54) is 16.4 Å². The summed E-state index contributed by atoms with van der Waals surface area (Å²) in [5.74, 6) is 0.401. The number of ether oxygens (including phenoxy) is 1.